The molecule has 90 valence electrons. The molecule has 0 amide bonds. The smallest absolute Gasteiger partial charge is 0.159 e. The molecule has 3 heteroatoms. The highest BCUT2D eigenvalue weighted by Gasteiger charge is 2.00. The number of Topliss-reactive ketones (excluding diaryl/α,β-unsaturated/α-hetero) is 1. The molecule has 0 saturated heterocycles. The zero-order valence-corrected chi connectivity index (χ0v) is 10.1. The second-order valence-electron chi connectivity index (χ2n) is 3.97. The molecule has 0 bridgehead atoms. The van der Waals surface area contributed by atoms with E-state index in [0.717, 1.165) is 11.3 Å². The van der Waals surface area contributed by atoms with Gasteiger partial charge in [-0.05, 0) is 31.2 Å². The van der Waals surface area contributed by atoms with E-state index in [2.05, 4.69) is 4.99 Å². The quantitative estimate of drug-likeness (QED) is 0.508. The summed E-state index contributed by atoms with van der Waals surface area (Å²) in [5.41, 5.74) is 8.20. The Morgan fingerprint density at radius 3 is 2.11 bits per heavy atom. The summed E-state index contributed by atoms with van der Waals surface area (Å²) in [6.07, 6.45) is 0. The molecular weight excluding hydrogens is 224 g/mol. The Balaban J connectivity index is 2.25. The number of nitrogens with zero attached hydrogens (tertiary/aromatic N) is 1. The van der Waals surface area contributed by atoms with Gasteiger partial charge in [-0.15, -0.1) is 0 Å². The number of ketones is 1. The van der Waals surface area contributed by atoms with Crippen LogP contribution in [-0.4, -0.2) is 11.6 Å². The molecule has 2 aromatic carbocycles. The summed E-state index contributed by atoms with van der Waals surface area (Å²) in [5.74, 6) is 0.507. The number of carbonyl (C=O) groups excluding carboxylic acids is 1. The Kier molecular flexibility index (Phi) is 3.53. The summed E-state index contributed by atoms with van der Waals surface area (Å²) in [4.78, 5) is 15.5. The number of carbonyl (C=O) groups is 1. The molecule has 2 N–H and O–H groups in total. The molecule has 18 heavy (non-hydrogen) atoms. The highest BCUT2D eigenvalue weighted by molar-refractivity contribution is 5.99. The molecule has 0 fully saturated rings. The standard InChI is InChI=1S/C15H14N2O/c1-11(18)12-7-9-14(10-8-12)17-15(16)13-5-3-2-4-6-13/h2-10H,1H3,(H2,16,17). The van der Waals surface area contributed by atoms with Crippen LogP contribution in [0.1, 0.15) is 22.8 Å². The van der Waals surface area contributed by atoms with Gasteiger partial charge in [-0.2, -0.15) is 0 Å². The molecule has 0 spiro atoms. The van der Waals surface area contributed by atoms with Gasteiger partial charge in [0.25, 0.3) is 0 Å². The Morgan fingerprint density at radius 1 is 0.944 bits per heavy atom. The van der Waals surface area contributed by atoms with E-state index in [1.807, 2.05) is 30.3 Å². The van der Waals surface area contributed by atoms with Crippen LogP contribution in [0, 0.1) is 0 Å². The van der Waals surface area contributed by atoms with Crippen molar-refractivity contribution < 1.29 is 4.79 Å². The normalized spacial score (nSPS) is 11.3. The van der Waals surface area contributed by atoms with Gasteiger partial charge in [-0.25, -0.2) is 4.99 Å². The van der Waals surface area contributed by atoms with Gasteiger partial charge in [-0.3, -0.25) is 4.79 Å². The third kappa shape index (κ3) is 2.83. The molecule has 0 heterocycles. The lowest BCUT2D eigenvalue weighted by Crippen LogP contribution is -2.12. The van der Waals surface area contributed by atoms with E-state index in [1.54, 1.807) is 24.3 Å². The van der Waals surface area contributed by atoms with E-state index in [0.29, 0.717) is 11.4 Å². The van der Waals surface area contributed by atoms with Crippen molar-refractivity contribution in [2.45, 2.75) is 6.92 Å². The summed E-state index contributed by atoms with van der Waals surface area (Å²) in [6.45, 7) is 1.54. The number of hydrogen-bond acceptors (Lipinski definition) is 2. The zero-order chi connectivity index (χ0) is 13.0. The third-order valence-corrected chi connectivity index (χ3v) is 2.59. The van der Waals surface area contributed by atoms with Crippen molar-refractivity contribution >= 4 is 17.3 Å². The number of benzene rings is 2. The largest absolute Gasteiger partial charge is 0.383 e. The van der Waals surface area contributed by atoms with Gasteiger partial charge in [-0.1, -0.05) is 30.3 Å². The first-order valence-corrected chi connectivity index (χ1v) is 5.67. The summed E-state index contributed by atoms with van der Waals surface area (Å²) in [7, 11) is 0. The van der Waals surface area contributed by atoms with Gasteiger partial charge >= 0.3 is 0 Å². The topological polar surface area (TPSA) is 55.5 Å². The number of rotatable bonds is 3. The summed E-state index contributed by atoms with van der Waals surface area (Å²) >= 11 is 0. The monoisotopic (exact) mass is 238 g/mol. The van der Waals surface area contributed by atoms with Crippen LogP contribution >= 0.6 is 0 Å². The van der Waals surface area contributed by atoms with E-state index in [1.165, 1.54) is 6.92 Å². The van der Waals surface area contributed by atoms with Crippen molar-refractivity contribution in [3.63, 3.8) is 0 Å². The van der Waals surface area contributed by atoms with Gasteiger partial charge in [0.2, 0.25) is 0 Å². The second-order valence-corrected chi connectivity index (χ2v) is 3.97. The molecule has 2 rings (SSSR count). The highest BCUT2D eigenvalue weighted by Crippen LogP contribution is 2.14. The first kappa shape index (κ1) is 12.0. The Morgan fingerprint density at radius 2 is 1.56 bits per heavy atom. The zero-order valence-electron chi connectivity index (χ0n) is 10.1. The minimum Gasteiger partial charge on any atom is -0.383 e. The molecule has 3 nitrogen and oxygen atoms in total. The van der Waals surface area contributed by atoms with Crippen LogP contribution in [0.15, 0.2) is 59.6 Å². The average molecular weight is 238 g/mol. The lowest BCUT2D eigenvalue weighted by Gasteiger charge is -2.01. The van der Waals surface area contributed by atoms with Crippen LogP contribution in [-0.2, 0) is 0 Å². The molecule has 0 unspecified atom stereocenters. The molecule has 0 atom stereocenters. The maximum absolute atomic E-state index is 11.1. The molecule has 2 aromatic rings. The molecule has 0 saturated carbocycles. The van der Waals surface area contributed by atoms with Gasteiger partial charge in [0.05, 0.1) is 5.69 Å². The average Bonchev–Trinajstić information content (AvgIpc) is 2.40. The van der Waals surface area contributed by atoms with Gasteiger partial charge < -0.3 is 5.73 Å². The first-order chi connectivity index (χ1) is 8.66. The fraction of sp³-hybridized carbons (Fsp3) is 0.0667. The van der Waals surface area contributed by atoms with Crippen LogP contribution in [0.5, 0.6) is 0 Å². The maximum atomic E-state index is 11.1. The van der Waals surface area contributed by atoms with Crippen molar-refractivity contribution in [3.05, 3.63) is 65.7 Å². The van der Waals surface area contributed by atoms with E-state index < -0.39 is 0 Å². The number of hydrogen-bond donors (Lipinski definition) is 1. The minimum absolute atomic E-state index is 0.0431. The number of aliphatic imine (C=N–C) groups is 1. The predicted molar refractivity (Wildman–Crippen MR) is 73.3 cm³/mol. The number of amidine groups is 1. The SMILES string of the molecule is CC(=O)c1ccc(N=C(N)c2ccccc2)cc1. The van der Waals surface area contributed by atoms with Gasteiger partial charge in [0.15, 0.2) is 5.78 Å². The van der Waals surface area contributed by atoms with Gasteiger partial charge in [0, 0.05) is 11.1 Å². The van der Waals surface area contributed by atoms with Crippen LogP contribution in [0.3, 0.4) is 0 Å². The van der Waals surface area contributed by atoms with Crippen molar-refractivity contribution in [1.29, 1.82) is 0 Å². The fourth-order valence-electron chi connectivity index (χ4n) is 1.58. The van der Waals surface area contributed by atoms with E-state index >= 15 is 0 Å². The summed E-state index contributed by atoms with van der Waals surface area (Å²) in [6, 6.07) is 16.6. The third-order valence-electron chi connectivity index (χ3n) is 2.59. The summed E-state index contributed by atoms with van der Waals surface area (Å²) in [5, 5.41) is 0. The van der Waals surface area contributed by atoms with Crippen LogP contribution in [0.25, 0.3) is 0 Å². The maximum Gasteiger partial charge on any atom is 0.159 e. The molecule has 0 aliphatic rings. The van der Waals surface area contributed by atoms with Crippen LogP contribution in [0.2, 0.25) is 0 Å². The fourth-order valence-corrected chi connectivity index (χ4v) is 1.58. The van der Waals surface area contributed by atoms with Crippen LogP contribution < -0.4 is 5.73 Å². The molecule has 0 radical (unpaired) electrons. The Labute approximate surface area is 106 Å². The second kappa shape index (κ2) is 5.27. The van der Waals surface area contributed by atoms with Crippen molar-refractivity contribution in [3.8, 4) is 0 Å². The number of nitrogens with two attached hydrogens (primary N) is 1. The van der Waals surface area contributed by atoms with E-state index in [-0.39, 0.29) is 5.78 Å². The predicted octanol–water partition coefficient (Wildman–Crippen LogP) is 2.93. The summed E-state index contributed by atoms with van der Waals surface area (Å²) < 4.78 is 0. The molecular formula is C15H14N2O. The van der Waals surface area contributed by atoms with E-state index in [4.69, 9.17) is 5.73 Å². The van der Waals surface area contributed by atoms with Crippen molar-refractivity contribution in [2.24, 2.45) is 10.7 Å². The molecule has 0 aromatic heterocycles. The lowest BCUT2D eigenvalue weighted by atomic mass is 10.1. The van der Waals surface area contributed by atoms with Crippen molar-refractivity contribution in [1.82, 2.24) is 0 Å². The Bertz CT molecular complexity index is 571. The lowest BCUT2D eigenvalue weighted by molar-refractivity contribution is 0.101. The van der Waals surface area contributed by atoms with Crippen LogP contribution in [0.4, 0.5) is 5.69 Å². The highest BCUT2D eigenvalue weighted by atomic mass is 16.1. The Hall–Kier alpha value is -2.42. The molecule has 0 aliphatic carbocycles. The van der Waals surface area contributed by atoms with Gasteiger partial charge in [0.1, 0.15) is 5.84 Å². The van der Waals surface area contributed by atoms with E-state index in [9.17, 15) is 4.79 Å². The first-order valence-electron chi connectivity index (χ1n) is 5.67. The molecule has 0 aliphatic heterocycles. The minimum atomic E-state index is 0.0431. The van der Waals surface area contributed by atoms with Crippen molar-refractivity contribution in [2.75, 3.05) is 0 Å².